The Morgan fingerprint density at radius 3 is 0.846 bits per heavy atom. The largest absolute Gasteiger partial charge is 0.0654 e. The monoisotopic (exact) mass is 366 g/mol. The van der Waals surface area contributed by atoms with Crippen molar-refractivity contribution in [3.8, 4) is 0 Å². The van der Waals surface area contributed by atoms with Crippen LogP contribution in [0.4, 0.5) is 0 Å². The summed E-state index contributed by atoms with van der Waals surface area (Å²) in [6, 6.07) is 0. The van der Waals surface area contributed by atoms with E-state index in [0.29, 0.717) is 0 Å². The van der Waals surface area contributed by atoms with Crippen LogP contribution in [0.25, 0.3) is 0 Å². The molecule has 26 heavy (non-hydrogen) atoms. The van der Waals surface area contributed by atoms with Gasteiger partial charge in [-0.25, -0.2) is 0 Å². The smallest absolute Gasteiger partial charge is 0.0417 e. The fourth-order valence-corrected chi connectivity index (χ4v) is 4.12. The number of unbranched alkanes of at least 4 members (excludes halogenated alkanes) is 16. The van der Waals surface area contributed by atoms with Gasteiger partial charge in [-0.1, -0.05) is 156 Å². The van der Waals surface area contributed by atoms with Crippen LogP contribution in [0, 0.1) is 11.8 Å². The Hall–Kier alpha value is 0. The molecule has 0 radical (unpaired) electrons. The Bertz CT molecular complexity index is 218. The van der Waals surface area contributed by atoms with Crippen LogP contribution >= 0.6 is 0 Å². The number of hydrogen-bond acceptors (Lipinski definition) is 0. The molecule has 0 heteroatoms. The molecule has 0 N–H and O–H groups in total. The lowest BCUT2D eigenvalue weighted by Gasteiger charge is -2.19. The fourth-order valence-electron chi connectivity index (χ4n) is 4.12. The van der Waals surface area contributed by atoms with Crippen molar-refractivity contribution < 1.29 is 0 Å². The molecule has 2 unspecified atom stereocenters. The predicted octanol–water partition coefficient (Wildman–Crippen LogP) is 10.1. The highest BCUT2D eigenvalue weighted by Gasteiger charge is 2.11. The molecule has 0 saturated heterocycles. The van der Waals surface area contributed by atoms with Gasteiger partial charge in [-0.05, 0) is 11.8 Å². The van der Waals surface area contributed by atoms with E-state index in [0.717, 1.165) is 11.8 Å². The highest BCUT2D eigenvalue weighted by molar-refractivity contribution is 4.63. The van der Waals surface area contributed by atoms with Gasteiger partial charge >= 0.3 is 0 Å². The molecule has 0 heterocycles. The van der Waals surface area contributed by atoms with Crippen molar-refractivity contribution in [1.29, 1.82) is 0 Å². The maximum absolute atomic E-state index is 2.50. The molecule has 0 aromatic carbocycles. The fraction of sp³-hybridized carbons (Fsp3) is 1.00. The lowest BCUT2D eigenvalue weighted by molar-refractivity contribution is 0.322. The molecular formula is C26H54. The Balaban J connectivity index is 3.31. The van der Waals surface area contributed by atoms with E-state index in [-0.39, 0.29) is 0 Å². The molecule has 2 atom stereocenters. The third kappa shape index (κ3) is 18.8. The maximum atomic E-state index is 2.50. The van der Waals surface area contributed by atoms with Gasteiger partial charge in [0, 0.05) is 0 Å². The molecule has 0 aliphatic heterocycles. The van der Waals surface area contributed by atoms with Gasteiger partial charge in [-0.2, -0.15) is 0 Å². The molecular weight excluding hydrogens is 312 g/mol. The summed E-state index contributed by atoms with van der Waals surface area (Å²) in [6.45, 7) is 9.61. The Kier molecular flexibility index (Phi) is 21.3. The van der Waals surface area contributed by atoms with Crippen LogP contribution in [0.1, 0.15) is 156 Å². The summed E-state index contributed by atoms with van der Waals surface area (Å²) >= 11 is 0. The highest BCUT2D eigenvalue weighted by Crippen LogP contribution is 2.24. The van der Waals surface area contributed by atoms with Crippen molar-refractivity contribution in [3.63, 3.8) is 0 Å². The van der Waals surface area contributed by atoms with Gasteiger partial charge < -0.3 is 0 Å². The minimum Gasteiger partial charge on any atom is -0.0654 e. The second-order valence-electron chi connectivity index (χ2n) is 9.19. The molecule has 0 rings (SSSR count). The van der Waals surface area contributed by atoms with Crippen LogP contribution in [0.2, 0.25) is 0 Å². The van der Waals surface area contributed by atoms with Gasteiger partial charge in [0.2, 0.25) is 0 Å². The van der Waals surface area contributed by atoms with Crippen molar-refractivity contribution >= 4 is 0 Å². The number of hydrogen-bond donors (Lipinski definition) is 0. The third-order valence-corrected chi connectivity index (χ3v) is 6.50. The van der Waals surface area contributed by atoms with E-state index in [9.17, 15) is 0 Å². The Morgan fingerprint density at radius 2 is 0.577 bits per heavy atom. The van der Waals surface area contributed by atoms with Crippen LogP contribution in [0.3, 0.4) is 0 Å². The molecule has 0 aliphatic carbocycles. The van der Waals surface area contributed by atoms with Crippen molar-refractivity contribution in [2.75, 3.05) is 0 Å². The standard InChI is InChI=1S/C26H54/c1-5-7-9-11-13-15-17-19-21-23-25(3)26(4)24-22-20-18-16-14-12-10-8-6-2/h25-26H,5-24H2,1-4H3. The summed E-state index contributed by atoms with van der Waals surface area (Å²) in [4.78, 5) is 0. The Labute approximate surface area is 168 Å². The normalized spacial score (nSPS) is 13.8. The quantitative estimate of drug-likeness (QED) is 0.177. The number of rotatable bonds is 21. The molecule has 0 amide bonds. The summed E-state index contributed by atoms with van der Waals surface area (Å²) in [5, 5.41) is 0. The molecule has 0 aliphatic rings. The first-order valence-corrected chi connectivity index (χ1v) is 12.7. The summed E-state index contributed by atoms with van der Waals surface area (Å²) in [5.74, 6) is 1.88. The lowest BCUT2D eigenvalue weighted by Crippen LogP contribution is -2.08. The Morgan fingerprint density at radius 1 is 0.346 bits per heavy atom. The van der Waals surface area contributed by atoms with Gasteiger partial charge in [0.05, 0.1) is 0 Å². The molecule has 0 spiro atoms. The highest BCUT2D eigenvalue weighted by atomic mass is 14.2. The lowest BCUT2D eigenvalue weighted by atomic mass is 9.86. The van der Waals surface area contributed by atoms with Gasteiger partial charge in [0.1, 0.15) is 0 Å². The van der Waals surface area contributed by atoms with E-state index in [1.54, 1.807) is 0 Å². The van der Waals surface area contributed by atoms with Gasteiger partial charge in [0.25, 0.3) is 0 Å². The van der Waals surface area contributed by atoms with E-state index >= 15 is 0 Å². The van der Waals surface area contributed by atoms with Crippen LogP contribution < -0.4 is 0 Å². The minimum absolute atomic E-state index is 0.939. The second-order valence-corrected chi connectivity index (χ2v) is 9.19. The molecule has 0 saturated carbocycles. The average molecular weight is 367 g/mol. The third-order valence-electron chi connectivity index (χ3n) is 6.50. The minimum atomic E-state index is 0.939. The molecule has 0 fully saturated rings. The zero-order valence-corrected chi connectivity index (χ0v) is 19.3. The molecule has 158 valence electrons. The van der Waals surface area contributed by atoms with Crippen molar-refractivity contribution in [2.45, 2.75) is 156 Å². The topological polar surface area (TPSA) is 0 Å². The molecule has 0 nitrogen and oxygen atoms in total. The van der Waals surface area contributed by atoms with Crippen LogP contribution in [0.15, 0.2) is 0 Å². The summed E-state index contributed by atoms with van der Waals surface area (Å²) in [7, 11) is 0. The first-order chi connectivity index (χ1) is 12.7. The van der Waals surface area contributed by atoms with Gasteiger partial charge in [-0.3, -0.25) is 0 Å². The molecule has 0 aromatic heterocycles. The molecule has 0 aromatic rings. The van der Waals surface area contributed by atoms with Crippen LogP contribution in [0.5, 0.6) is 0 Å². The average Bonchev–Trinajstić information content (AvgIpc) is 2.65. The summed E-state index contributed by atoms with van der Waals surface area (Å²) < 4.78 is 0. The summed E-state index contributed by atoms with van der Waals surface area (Å²) in [6.07, 6.45) is 29.2. The van der Waals surface area contributed by atoms with Crippen molar-refractivity contribution in [1.82, 2.24) is 0 Å². The van der Waals surface area contributed by atoms with Crippen molar-refractivity contribution in [2.24, 2.45) is 11.8 Å². The second kappa shape index (κ2) is 21.3. The van der Waals surface area contributed by atoms with Crippen molar-refractivity contribution in [3.05, 3.63) is 0 Å². The van der Waals surface area contributed by atoms with Crippen LogP contribution in [-0.4, -0.2) is 0 Å². The van der Waals surface area contributed by atoms with Gasteiger partial charge in [-0.15, -0.1) is 0 Å². The first kappa shape index (κ1) is 26.0. The zero-order valence-electron chi connectivity index (χ0n) is 19.3. The van der Waals surface area contributed by atoms with E-state index in [1.807, 2.05) is 0 Å². The maximum Gasteiger partial charge on any atom is -0.0417 e. The van der Waals surface area contributed by atoms with Gasteiger partial charge in [0.15, 0.2) is 0 Å². The van der Waals surface area contributed by atoms with E-state index in [4.69, 9.17) is 0 Å². The predicted molar refractivity (Wildman–Crippen MR) is 122 cm³/mol. The SMILES string of the molecule is CCCCCCCCCCCC(C)C(C)CCCCCCCCCCC. The van der Waals surface area contributed by atoms with E-state index < -0.39 is 0 Å². The zero-order chi connectivity index (χ0) is 19.3. The first-order valence-electron chi connectivity index (χ1n) is 12.7. The summed E-state index contributed by atoms with van der Waals surface area (Å²) in [5.41, 5.74) is 0. The van der Waals surface area contributed by atoms with E-state index in [1.165, 1.54) is 128 Å². The van der Waals surface area contributed by atoms with Crippen LogP contribution in [-0.2, 0) is 0 Å². The molecule has 0 bridgehead atoms. The van der Waals surface area contributed by atoms with E-state index in [2.05, 4.69) is 27.7 Å².